The monoisotopic (exact) mass is 265 g/mol. The Hall–Kier alpha value is -1.06. The summed E-state index contributed by atoms with van der Waals surface area (Å²) in [4.78, 5) is 0. The van der Waals surface area contributed by atoms with Crippen LogP contribution in [0.2, 0.25) is 0 Å². The van der Waals surface area contributed by atoms with E-state index in [0.29, 0.717) is 19.1 Å². The Labute approximate surface area is 117 Å². The molecule has 0 aliphatic carbocycles. The van der Waals surface area contributed by atoms with Crippen LogP contribution >= 0.6 is 0 Å². The Bertz CT molecular complexity index is 352. The number of ether oxygens (including phenoxy) is 1. The van der Waals surface area contributed by atoms with Crippen molar-refractivity contribution in [2.24, 2.45) is 0 Å². The van der Waals surface area contributed by atoms with Gasteiger partial charge in [0.1, 0.15) is 0 Å². The van der Waals surface area contributed by atoms with Gasteiger partial charge in [0.15, 0.2) is 0 Å². The third kappa shape index (κ3) is 6.60. The van der Waals surface area contributed by atoms with Gasteiger partial charge in [0.25, 0.3) is 0 Å². The van der Waals surface area contributed by atoms with E-state index in [2.05, 4.69) is 38.2 Å². The lowest BCUT2D eigenvalue weighted by atomic mass is 10.0. The van der Waals surface area contributed by atoms with Gasteiger partial charge in [-0.2, -0.15) is 0 Å². The quantitative estimate of drug-likeness (QED) is 0.672. The maximum atomic E-state index is 9.80. The Balaban J connectivity index is 2.29. The van der Waals surface area contributed by atoms with E-state index in [1.807, 2.05) is 12.1 Å². The lowest BCUT2D eigenvalue weighted by Gasteiger charge is -2.14. The Kier molecular flexibility index (Phi) is 7.53. The molecule has 0 aromatic heterocycles. The highest BCUT2D eigenvalue weighted by Gasteiger charge is 2.05. The van der Waals surface area contributed by atoms with Gasteiger partial charge in [-0.3, -0.25) is 0 Å². The molecular formula is C16H27NO2. The number of hydrogen-bond acceptors (Lipinski definition) is 3. The van der Waals surface area contributed by atoms with E-state index in [0.717, 1.165) is 25.1 Å². The summed E-state index contributed by atoms with van der Waals surface area (Å²) in [5.41, 5.74) is 2.36. The Morgan fingerprint density at radius 2 is 2.11 bits per heavy atom. The molecule has 1 atom stereocenters. The van der Waals surface area contributed by atoms with E-state index >= 15 is 0 Å². The summed E-state index contributed by atoms with van der Waals surface area (Å²) in [6, 6.07) is 8.33. The van der Waals surface area contributed by atoms with Crippen molar-refractivity contribution in [2.45, 2.75) is 45.6 Å². The zero-order valence-corrected chi connectivity index (χ0v) is 12.4. The van der Waals surface area contributed by atoms with Crippen molar-refractivity contribution in [3.8, 4) is 0 Å². The number of unbranched alkanes of at least 4 members (excludes halogenated alkanes) is 1. The number of hydrogen-bond donors (Lipinski definition) is 2. The average molecular weight is 265 g/mol. The van der Waals surface area contributed by atoms with E-state index < -0.39 is 6.10 Å². The molecule has 0 fully saturated rings. The fourth-order valence-electron chi connectivity index (χ4n) is 1.77. The number of benzene rings is 1. The largest absolute Gasteiger partial charge is 0.389 e. The maximum absolute atomic E-state index is 9.80. The summed E-state index contributed by atoms with van der Waals surface area (Å²) in [5, 5.41) is 13.1. The Morgan fingerprint density at radius 1 is 1.32 bits per heavy atom. The van der Waals surface area contributed by atoms with Crippen molar-refractivity contribution in [2.75, 3.05) is 25.1 Å². The topological polar surface area (TPSA) is 41.5 Å². The van der Waals surface area contributed by atoms with Gasteiger partial charge in [-0.25, -0.2) is 0 Å². The SMILES string of the molecule is CCCCOCC(O)CNc1cccc(C(C)C)c1. The van der Waals surface area contributed by atoms with Crippen LogP contribution in [0.3, 0.4) is 0 Å². The fourth-order valence-corrected chi connectivity index (χ4v) is 1.77. The second-order valence-corrected chi connectivity index (χ2v) is 5.24. The Morgan fingerprint density at radius 3 is 2.79 bits per heavy atom. The van der Waals surface area contributed by atoms with Crippen molar-refractivity contribution in [3.05, 3.63) is 29.8 Å². The van der Waals surface area contributed by atoms with E-state index in [1.165, 1.54) is 5.56 Å². The molecule has 0 aliphatic heterocycles. The summed E-state index contributed by atoms with van der Waals surface area (Å²) >= 11 is 0. The molecule has 3 heteroatoms. The average Bonchev–Trinajstić information content (AvgIpc) is 2.41. The molecule has 0 aliphatic rings. The number of anilines is 1. The molecule has 0 heterocycles. The highest BCUT2D eigenvalue weighted by molar-refractivity contribution is 5.46. The molecule has 108 valence electrons. The molecular weight excluding hydrogens is 238 g/mol. The molecule has 1 unspecified atom stereocenters. The first kappa shape index (κ1) is 16.0. The normalized spacial score (nSPS) is 12.7. The molecule has 19 heavy (non-hydrogen) atoms. The highest BCUT2D eigenvalue weighted by Crippen LogP contribution is 2.18. The minimum Gasteiger partial charge on any atom is -0.389 e. The molecule has 1 aromatic carbocycles. The van der Waals surface area contributed by atoms with Crippen molar-refractivity contribution < 1.29 is 9.84 Å². The van der Waals surface area contributed by atoms with Gasteiger partial charge < -0.3 is 15.2 Å². The van der Waals surface area contributed by atoms with Crippen LogP contribution < -0.4 is 5.32 Å². The van der Waals surface area contributed by atoms with Gasteiger partial charge in [0.05, 0.1) is 12.7 Å². The second-order valence-electron chi connectivity index (χ2n) is 5.24. The molecule has 0 amide bonds. The first-order valence-electron chi connectivity index (χ1n) is 7.23. The van der Waals surface area contributed by atoms with E-state index in [1.54, 1.807) is 0 Å². The molecule has 0 bridgehead atoms. The van der Waals surface area contributed by atoms with Crippen LogP contribution in [0.25, 0.3) is 0 Å². The lowest BCUT2D eigenvalue weighted by Crippen LogP contribution is -2.25. The number of rotatable bonds is 9. The molecule has 1 rings (SSSR count). The van der Waals surface area contributed by atoms with Gasteiger partial charge in [-0.1, -0.05) is 39.3 Å². The first-order valence-corrected chi connectivity index (χ1v) is 7.23. The minimum atomic E-state index is -0.459. The minimum absolute atomic E-state index is 0.400. The van der Waals surface area contributed by atoms with Crippen molar-refractivity contribution >= 4 is 5.69 Å². The van der Waals surface area contributed by atoms with Gasteiger partial charge in [-0.05, 0) is 30.0 Å². The van der Waals surface area contributed by atoms with Crippen LogP contribution in [0.1, 0.15) is 45.1 Å². The second kappa shape index (κ2) is 8.94. The van der Waals surface area contributed by atoms with Crippen molar-refractivity contribution in [1.29, 1.82) is 0 Å². The van der Waals surface area contributed by atoms with Crippen LogP contribution in [0, 0.1) is 0 Å². The summed E-state index contributed by atoms with van der Waals surface area (Å²) in [7, 11) is 0. The zero-order chi connectivity index (χ0) is 14.1. The predicted octanol–water partition coefficient (Wildman–Crippen LogP) is 3.40. The summed E-state index contributed by atoms with van der Waals surface area (Å²) in [6.45, 7) is 8.13. The smallest absolute Gasteiger partial charge is 0.0945 e. The highest BCUT2D eigenvalue weighted by atomic mass is 16.5. The van der Waals surface area contributed by atoms with Gasteiger partial charge in [0, 0.05) is 18.8 Å². The molecule has 0 spiro atoms. The molecule has 0 saturated heterocycles. The molecule has 3 nitrogen and oxygen atoms in total. The number of nitrogens with one attached hydrogen (secondary N) is 1. The summed E-state index contributed by atoms with van der Waals surface area (Å²) in [6.07, 6.45) is 1.71. The van der Waals surface area contributed by atoms with E-state index in [9.17, 15) is 5.11 Å². The van der Waals surface area contributed by atoms with Crippen LogP contribution in [0.5, 0.6) is 0 Å². The third-order valence-electron chi connectivity index (χ3n) is 3.05. The zero-order valence-electron chi connectivity index (χ0n) is 12.4. The third-order valence-corrected chi connectivity index (χ3v) is 3.05. The van der Waals surface area contributed by atoms with Crippen LogP contribution in [-0.2, 0) is 4.74 Å². The van der Waals surface area contributed by atoms with Crippen molar-refractivity contribution in [3.63, 3.8) is 0 Å². The van der Waals surface area contributed by atoms with Gasteiger partial charge in [-0.15, -0.1) is 0 Å². The maximum Gasteiger partial charge on any atom is 0.0945 e. The molecule has 0 saturated carbocycles. The number of aliphatic hydroxyl groups excluding tert-OH is 1. The molecule has 0 radical (unpaired) electrons. The fraction of sp³-hybridized carbons (Fsp3) is 0.625. The predicted molar refractivity (Wildman–Crippen MR) is 80.8 cm³/mol. The molecule has 2 N–H and O–H groups in total. The van der Waals surface area contributed by atoms with E-state index in [4.69, 9.17) is 4.74 Å². The van der Waals surface area contributed by atoms with Crippen LogP contribution in [-0.4, -0.2) is 31.0 Å². The summed E-state index contributed by atoms with van der Waals surface area (Å²) < 4.78 is 5.40. The lowest BCUT2D eigenvalue weighted by molar-refractivity contribution is 0.0422. The van der Waals surface area contributed by atoms with Gasteiger partial charge >= 0.3 is 0 Å². The molecule has 1 aromatic rings. The van der Waals surface area contributed by atoms with Crippen molar-refractivity contribution in [1.82, 2.24) is 0 Å². The van der Waals surface area contributed by atoms with Gasteiger partial charge in [0.2, 0.25) is 0 Å². The van der Waals surface area contributed by atoms with Crippen LogP contribution in [0.15, 0.2) is 24.3 Å². The number of aliphatic hydroxyl groups is 1. The summed E-state index contributed by atoms with van der Waals surface area (Å²) in [5.74, 6) is 0.518. The standard InChI is InChI=1S/C16H27NO2/c1-4-5-9-19-12-16(18)11-17-15-8-6-7-14(10-15)13(2)3/h6-8,10,13,16-18H,4-5,9,11-12H2,1-3H3. The van der Waals surface area contributed by atoms with Crippen LogP contribution in [0.4, 0.5) is 5.69 Å². The van der Waals surface area contributed by atoms with E-state index in [-0.39, 0.29) is 0 Å². The first-order chi connectivity index (χ1) is 9.13.